The van der Waals surface area contributed by atoms with Crippen LogP contribution in [0.5, 0.6) is 0 Å². The van der Waals surface area contributed by atoms with Crippen LogP contribution in [0.4, 0.5) is 45.5 Å². The fraction of sp³-hybridized carbons (Fsp3) is 0.111. The summed E-state index contributed by atoms with van der Waals surface area (Å²) in [6.45, 7) is 4.76. The van der Waals surface area contributed by atoms with Crippen LogP contribution in [0.15, 0.2) is 217 Å². The average molecular weight is 748 g/mol. The Morgan fingerprint density at radius 3 is 1.76 bits per heavy atom. The molecule has 0 N–H and O–H groups in total. The van der Waals surface area contributed by atoms with Crippen molar-refractivity contribution >= 4 is 63.1 Å². The van der Waals surface area contributed by atoms with Gasteiger partial charge in [-0.25, -0.2) is 0 Å². The van der Waals surface area contributed by atoms with Crippen LogP contribution in [0, 0.1) is 11.8 Å². The van der Waals surface area contributed by atoms with Gasteiger partial charge in [0.05, 0.1) is 0 Å². The first kappa shape index (κ1) is 35.6. The molecule has 0 amide bonds. The molecule has 0 saturated carbocycles. The molecule has 2 atom stereocenters. The Balaban J connectivity index is 1.25. The minimum atomic E-state index is 0.0656. The van der Waals surface area contributed by atoms with E-state index in [2.05, 4.69) is 235 Å². The summed E-state index contributed by atoms with van der Waals surface area (Å²) in [6, 6.07) is 66.5. The van der Waals surface area contributed by atoms with Gasteiger partial charge in [-0.15, -0.1) is 0 Å². The van der Waals surface area contributed by atoms with Gasteiger partial charge in [0.15, 0.2) is 0 Å². The molecule has 3 nitrogen and oxygen atoms in total. The number of rotatable bonds is 9. The zero-order chi connectivity index (χ0) is 39.0. The van der Waals surface area contributed by atoms with E-state index in [0.717, 1.165) is 35.6 Å². The Bertz CT molecular complexity index is 2630. The average Bonchev–Trinajstić information content (AvgIpc) is 3.30. The summed E-state index contributed by atoms with van der Waals surface area (Å²) >= 11 is 0. The highest BCUT2D eigenvalue weighted by atomic mass is 15.2. The van der Waals surface area contributed by atoms with Crippen LogP contribution in [-0.4, -0.2) is 6.71 Å². The third-order valence-electron chi connectivity index (χ3n) is 12.2. The molecule has 3 aliphatic rings. The zero-order valence-electron chi connectivity index (χ0n) is 33.1. The van der Waals surface area contributed by atoms with Crippen LogP contribution in [0.1, 0.15) is 26.7 Å². The summed E-state index contributed by atoms with van der Waals surface area (Å²) in [7, 11) is 0. The molecule has 1 aliphatic carbocycles. The minimum absolute atomic E-state index is 0.0656. The normalized spacial score (nSPS) is 16.6. The van der Waals surface area contributed by atoms with Crippen molar-refractivity contribution in [1.82, 2.24) is 0 Å². The molecule has 7 aromatic carbocycles. The summed E-state index contributed by atoms with van der Waals surface area (Å²) in [5, 5.41) is 0. The predicted molar refractivity (Wildman–Crippen MR) is 248 cm³/mol. The summed E-state index contributed by atoms with van der Waals surface area (Å²) in [5.74, 6) is 0.645. The van der Waals surface area contributed by atoms with Gasteiger partial charge in [0.25, 0.3) is 0 Å². The van der Waals surface area contributed by atoms with Crippen molar-refractivity contribution in [1.29, 1.82) is 0 Å². The number of fused-ring (bicyclic) bond motifs is 2. The van der Waals surface area contributed by atoms with Gasteiger partial charge in [0, 0.05) is 51.2 Å². The number of para-hydroxylation sites is 3. The molecule has 10 rings (SSSR count). The van der Waals surface area contributed by atoms with Crippen molar-refractivity contribution in [3.05, 3.63) is 217 Å². The van der Waals surface area contributed by atoms with Gasteiger partial charge in [-0.3, -0.25) is 0 Å². The number of nitrogens with zero attached hydrogens (tertiary/aromatic N) is 3. The smallest absolute Gasteiger partial charge is 0.247 e. The molecule has 2 unspecified atom stereocenters. The lowest BCUT2D eigenvalue weighted by atomic mass is 9.30. The fourth-order valence-electron chi connectivity index (χ4n) is 9.72. The molecule has 0 radical (unpaired) electrons. The quantitative estimate of drug-likeness (QED) is 0.136. The number of benzene rings is 7. The van der Waals surface area contributed by atoms with Crippen molar-refractivity contribution in [3.63, 3.8) is 0 Å². The highest BCUT2D eigenvalue weighted by Crippen LogP contribution is 2.49. The highest BCUT2D eigenvalue weighted by molar-refractivity contribution is 6.95. The minimum Gasteiger partial charge on any atom is -0.315 e. The van der Waals surface area contributed by atoms with Crippen LogP contribution in [-0.2, 0) is 0 Å². The third-order valence-corrected chi connectivity index (χ3v) is 12.2. The second kappa shape index (κ2) is 15.3. The van der Waals surface area contributed by atoms with E-state index in [1.165, 1.54) is 56.0 Å². The number of anilines is 8. The summed E-state index contributed by atoms with van der Waals surface area (Å²) < 4.78 is 0. The van der Waals surface area contributed by atoms with Gasteiger partial charge in [-0.05, 0) is 120 Å². The molecule has 58 heavy (non-hydrogen) atoms. The second-order valence-electron chi connectivity index (χ2n) is 15.4. The van der Waals surface area contributed by atoms with Gasteiger partial charge in [-0.2, -0.15) is 0 Å². The van der Waals surface area contributed by atoms with E-state index < -0.39 is 0 Å². The van der Waals surface area contributed by atoms with Gasteiger partial charge >= 0.3 is 0 Å². The molecule has 0 spiro atoms. The van der Waals surface area contributed by atoms with Crippen LogP contribution in [0.25, 0.3) is 11.1 Å². The van der Waals surface area contributed by atoms with E-state index in [-0.39, 0.29) is 12.6 Å². The van der Waals surface area contributed by atoms with Crippen LogP contribution in [0.2, 0.25) is 0 Å². The lowest BCUT2D eigenvalue weighted by Gasteiger charge is -2.47. The first-order valence-electron chi connectivity index (χ1n) is 20.8. The molecule has 4 heteroatoms. The van der Waals surface area contributed by atoms with Crippen molar-refractivity contribution in [3.8, 4) is 11.1 Å². The highest BCUT2D eigenvalue weighted by Gasteiger charge is 2.46. The molecule has 280 valence electrons. The van der Waals surface area contributed by atoms with Gasteiger partial charge < -0.3 is 14.7 Å². The first-order valence-corrected chi connectivity index (χ1v) is 20.8. The van der Waals surface area contributed by atoms with E-state index in [0.29, 0.717) is 5.92 Å². The SMILES string of the molecule is CCC1=C(C2C=CC=CC2CC)B2c3ccc(N(c4ccccc4)c4ccccc4)cc3N(c3ccccc3)c3cccc(c32)N1c1cccc(-c2ccccc2)c1. The Morgan fingerprint density at radius 1 is 0.500 bits per heavy atom. The maximum Gasteiger partial charge on any atom is 0.247 e. The van der Waals surface area contributed by atoms with Crippen LogP contribution >= 0.6 is 0 Å². The van der Waals surface area contributed by atoms with Crippen molar-refractivity contribution in [2.75, 3.05) is 14.7 Å². The van der Waals surface area contributed by atoms with Crippen molar-refractivity contribution in [2.24, 2.45) is 11.8 Å². The molecule has 0 aromatic heterocycles. The van der Waals surface area contributed by atoms with Crippen LogP contribution in [0.3, 0.4) is 0 Å². The Kier molecular flexibility index (Phi) is 9.39. The molecular weight excluding hydrogens is 701 g/mol. The number of hydrogen-bond donors (Lipinski definition) is 0. The van der Waals surface area contributed by atoms with E-state index in [4.69, 9.17) is 0 Å². The second-order valence-corrected chi connectivity index (χ2v) is 15.4. The monoisotopic (exact) mass is 747 g/mol. The lowest BCUT2D eigenvalue weighted by Crippen LogP contribution is -2.57. The fourth-order valence-corrected chi connectivity index (χ4v) is 9.72. The maximum atomic E-state index is 2.60. The summed E-state index contributed by atoms with van der Waals surface area (Å²) in [5.41, 5.74) is 17.5. The first-order chi connectivity index (χ1) is 28.7. The van der Waals surface area contributed by atoms with E-state index in [9.17, 15) is 0 Å². The van der Waals surface area contributed by atoms with Crippen molar-refractivity contribution < 1.29 is 0 Å². The molecule has 0 fully saturated rings. The third kappa shape index (κ3) is 6.08. The predicted octanol–water partition coefficient (Wildman–Crippen LogP) is 13.3. The summed E-state index contributed by atoms with van der Waals surface area (Å²) in [6.07, 6.45) is 11.4. The Labute approximate surface area is 343 Å². The van der Waals surface area contributed by atoms with E-state index >= 15 is 0 Å². The summed E-state index contributed by atoms with van der Waals surface area (Å²) in [4.78, 5) is 7.50. The lowest BCUT2D eigenvalue weighted by molar-refractivity contribution is 0.520. The topological polar surface area (TPSA) is 9.72 Å². The largest absolute Gasteiger partial charge is 0.315 e. The zero-order valence-corrected chi connectivity index (χ0v) is 33.1. The van der Waals surface area contributed by atoms with Gasteiger partial charge in [-0.1, -0.05) is 153 Å². The molecule has 0 bridgehead atoms. The molecule has 7 aromatic rings. The van der Waals surface area contributed by atoms with E-state index in [1.807, 2.05) is 0 Å². The molecule has 0 saturated heterocycles. The van der Waals surface area contributed by atoms with Gasteiger partial charge in [0.2, 0.25) is 6.71 Å². The Morgan fingerprint density at radius 2 is 1.09 bits per heavy atom. The number of allylic oxidation sites excluding steroid dienone is 6. The van der Waals surface area contributed by atoms with E-state index in [1.54, 1.807) is 0 Å². The maximum absolute atomic E-state index is 2.60. The van der Waals surface area contributed by atoms with Gasteiger partial charge in [0.1, 0.15) is 0 Å². The molecular formula is C54H46BN3. The van der Waals surface area contributed by atoms with Crippen LogP contribution < -0.4 is 25.6 Å². The molecule has 2 heterocycles. The standard InChI is InChI=1S/C54H46BN3/c1-3-39-21-17-18-32-47(39)53-49(4-2)58(45-31-19-24-41(37-45)40-22-9-5-10-23-40)51-34-20-33-50-54(51)55(53)48-36-35-46(38-52(48)57(50)44-29-15-8-16-30-44)56(42-25-11-6-12-26-42)43-27-13-7-14-28-43/h5-39,47H,3-4H2,1-2H3. The van der Waals surface area contributed by atoms with Crippen molar-refractivity contribution in [2.45, 2.75) is 26.7 Å². The number of hydrogen-bond acceptors (Lipinski definition) is 3. The Hall–Kier alpha value is -6.78. The molecule has 2 aliphatic heterocycles.